The van der Waals surface area contributed by atoms with Gasteiger partial charge in [0, 0.05) is 6.42 Å². The molecule has 352 valence electrons. The second-order valence-corrected chi connectivity index (χ2v) is 20.3. The number of carbonyl (C=O) groups is 1. The highest BCUT2D eigenvalue weighted by Crippen LogP contribution is 2.38. The predicted molar refractivity (Wildman–Crippen MR) is 252 cm³/mol. The number of aliphatic hydroxyl groups is 1. The Labute approximate surface area is 367 Å². The second-order valence-electron chi connectivity index (χ2n) is 18.9. The van der Waals surface area contributed by atoms with Crippen molar-refractivity contribution in [3.63, 3.8) is 0 Å². The molecular formula is C50H101N2O6P. The van der Waals surface area contributed by atoms with E-state index in [9.17, 15) is 19.4 Å². The van der Waals surface area contributed by atoms with Gasteiger partial charge in [-0.2, -0.15) is 0 Å². The Bertz CT molecular complexity index is 974. The number of likely N-dealkylation sites (N-methyl/N-ethyl adjacent to an activating group) is 1. The van der Waals surface area contributed by atoms with Gasteiger partial charge in [0.1, 0.15) is 13.2 Å². The van der Waals surface area contributed by atoms with Crippen LogP contribution in [0.4, 0.5) is 0 Å². The van der Waals surface area contributed by atoms with Crippen LogP contribution in [0.25, 0.3) is 0 Å². The number of amides is 1. The molecule has 8 nitrogen and oxygen atoms in total. The quantitative estimate of drug-likeness (QED) is 0.0273. The molecule has 0 rings (SSSR count). The summed E-state index contributed by atoms with van der Waals surface area (Å²) in [4.78, 5) is 25.4. The summed E-state index contributed by atoms with van der Waals surface area (Å²) in [5.74, 6) is -0.192. The molecule has 0 saturated heterocycles. The minimum absolute atomic E-state index is 0.00237. The minimum atomic E-state index is -4.59. The van der Waals surface area contributed by atoms with Crippen LogP contribution in [0, 0.1) is 0 Å². The van der Waals surface area contributed by atoms with Crippen molar-refractivity contribution < 1.29 is 32.9 Å². The molecule has 0 aliphatic carbocycles. The molecule has 3 unspecified atom stereocenters. The van der Waals surface area contributed by atoms with E-state index in [2.05, 4.69) is 19.2 Å². The van der Waals surface area contributed by atoms with Crippen molar-refractivity contribution in [1.29, 1.82) is 0 Å². The van der Waals surface area contributed by atoms with Gasteiger partial charge in [0.25, 0.3) is 7.82 Å². The van der Waals surface area contributed by atoms with Gasteiger partial charge in [-0.15, -0.1) is 0 Å². The molecule has 0 aliphatic rings. The third-order valence-corrected chi connectivity index (χ3v) is 12.7. The third kappa shape index (κ3) is 45.1. The molecule has 0 bridgehead atoms. The molecule has 0 aromatic rings. The average Bonchev–Trinajstić information content (AvgIpc) is 3.19. The van der Waals surface area contributed by atoms with Crippen molar-refractivity contribution in [3.05, 3.63) is 12.2 Å². The maximum absolute atomic E-state index is 12.9. The topological polar surface area (TPSA) is 108 Å². The summed E-state index contributed by atoms with van der Waals surface area (Å²) >= 11 is 0. The zero-order chi connectivity index (χ0) is 43.6. The molecule has 0 fully saturated rings. The molecule has 0 aromatic heterocycles. The van der Waals surface area contributed by atoms with E-state index in [1.54, 1.807) is 6.08 Å². The van der Waals surface area contributed by atoms with Crippen molar-refractivity contribution in [2.45, 2.75) is 264 Å². The number of rotatable bonds is 47. The molecule has 0 spiro atoms. The van der Waals surface area contributed by atoms with Gasteiger partial charge in [-0.3, -0.25) is 9.36 Å². The van der Waals surface area contributed by atoms with Gasteiger partial charge in [-0.25, -0.2) is 0 Å². The van der Waals surface area contributed by atoms with Crippen LogP contribution >= 0.6 is 7.82 Å². The van der Waals surface area contributed by atoms with Crippen LogP contribution in [0.3, 0.4) is 0 Å². The van der Waals surface area contributed by atoms with Gasteiger partial charge in [0.15, 0.2) is 0 Å². The molecule has 1 amide bonds. The number of phosphoric acid groups is 1. The van der Waals surface area contributed by atoms with E-state index < -0.39 is 20.0 Å². The molecule has 0 aliphatic heterocycles. The Kier molecular flexibility index (Phi) is 42.0. The van der Waals surface area contributed by atoms with Crippen molar-refractivity contribution in [1.82, 2.24) is 5.32 Å². The van der Waals surface area contributed by atoms with Crippen LogP contribution < -0.4 is 10.2 Å². The van der Waals surface area contributed by atoms with Crippen LogP contribution in [0.2, 0.25) is 0 Å². The lowest BCUT2D eigenvalue weighted by molar-refractivity contribution is -0.870. The number of quaternary nitrogens is 1. The highest BCUT2D eigenvalue weighted by atomic mass is 31.2. The highest BCUT2D eigenvalue weighted by Gasteiger charge is 2.23. The first kappa shape index (κ1) is 58.2. The van der Waals surface area contributed by atoms with E-state index in [1.807, 2.05) is 27.2 Å². The van der Waals surface area contributed by atoms with E-state index in [4.69, 9.17) is 9.05 Å². The van der Waals surface area contributed by atoms with Crippen molar-refractivity contribution in [3.8, 4) is 0 Å². The normalized spacial score (nSPS) is 14.2. The van der Waals surface area contributed by atoms with Crippen molar-refractivity contribution in [2.24, 2.45) is 0 Å². The summed E-state index contributed by atoms with van der Waals surface area (Å²) in [6.07, 6.45) is 49.8. The fourth-order valence-electron chi connectivity index (χ4n) is 7.68. The molecular weight excluding hydrogens is 756 g/mol. The standard InChI is InChI=1S/C50H101N2O6P/c1-6-8-10-12-14-16-18-20-22-23-24-25-26-27-28-30-32-34-36-38-40-42-44-50(54)51-48(47-58-59(55,56)57-46-45-52(3,4)5)49(53)43-41-39-37-35-33-31-29-21-19-17-15-13-11-9-7-2/h41,43,48-49,53H,6-40,42,44-47H2,1-5H3,(H-,51,54,55,56)/b43-41+. The van der Waals surface area contributed by atoms with Crippen LogP contribution in [-0.2, 0) is 18.4 Å². The molecule has 0 radical (unpaired) electrons. The predicted octanol–water partition coefficient (Wildman–Crippen LogP) is 14.1. The molecule has 59 heavy (non-hydrogen) atoms. The number of unbranched alkanes of at least 4 members (excludes halogenated alkanes) is 34. The minimum Gasteiger partial charge on any atom is -0.756 e. The molecule has 9 heteroatoms. The number of hydrogen-bond acceptors (Lipinski definition) is 6. The Morgan fingerprint density at radius 1 is 0.576 bits per heavy atom. The van der Waals surface area contributed by atoms with E-state index in [-0.39, 0.29) is 19.1 Å². The Balaban J connectivity index is 4.24. The van der Waals surface area contributed by atoms with E-state index in [0.717, 1.165) is 38.5 Å². The molecule has 2 N–H and O–H groups in total. The number of hydrogen-bond donors (Lipinski definition) is 2. The third-order valence-electron chi connectivity index (χ3n) is 11.7. The molecule has 0 heterocycles. The average molecular weight is 857 g/mol. The first-order valence-electron chi connectivity index (χ1n) is 25.6. The number of aliphatic hydroxyl groups excluding tert-OH is 1. The maximum Gasteiger partial charge on any atom is 0.268 e. The zero-order valence-corrected chi connectivity index (χ0v) is 40.9. The Morgan fingerprint density at radius 3 is 1.27 bits per heavy atom. The zero-order valence-electron chi connectivity index (χ0n) is 40.0. The van der Waals surface area contributed by atoms with Crippen LogP contribution in [0.5, 0.6) is 0 Å². The number of allylic oxidation sites excluding steroid dienone is 1. The van der Waals surface area contributed by atoms with Crippen molar-refractivity contribution >= 4 is 13.7 Å². The Hall–Kier alpha value is -0.760. The number of carbonyl (C=O) groups excluding carboxylic acids is 1. The first-order chi connectivity index (χ1) is 28.5. The summed E-state index contributed by atoms with van der Waals surface area (Å²) < 4.78 is 23.3. The van der Waals surface area contributed by atoms with Gasteiger partial charge in [-0.1, -0.05) is 238 Å². The van der Waals surface area contributed by atoms with Crippen LogP contribution in [-0.4, -0.2) is 68.5 Å². The molecule has 0 saturated carbocycles. The summed E-state index contributed by atoms with van der Waals surface area (Å²) in [5, 5.41) is 13.8. The maximum atomic E-state index is 12.9. The highest BCUT2D eigenvalue weighted by molar-refractivity contribution is 7.45. The lowest BCUT2D eigenvalue weighted by Crippen LogP contribution is -2.45. The van der Waals surface area contributed by atoms with E-state index in [1.165, 1.54) is 193 Å². The van der Waals surface area contributed by atoms with Gasteiger partial charge < -0.3 is 28.8 Å². The lowest BCUT2D eigenvalue weighted by atomic mass is 10.0. The summed E-state index contributed by atoms with van der Waals surface area (Å²) in [5.41, 5.74) is 0. The largest absolute Gasteiger partial charge is 0.756 e. The van der Waals surface area contributed by atoms with Crippen LogP contribution in [0.1, 0.15) is 251 Å². The smallest absolute Gasteiger partial charge is 0.268 e. The fourth-order valence-corrected chi connectivity index (χ4v) is 8.41. The lowest BCUT2D eigenvalue weighted by Gasteiger charge is -2.29. The van der Waals surface area contributed by atoms with Gasteiger partial charge in [0.2, 0.25) is 5.91 Å². The number of nitrogens with one attached hydrogen (secondary N) is 1. The monoisotopic (exact) mass is 857 g/mol. The van der Waals surface area contributed by atoms with E-state index >= 15 is 0 Å². The number of phosphoric ester groups is 1. The first-order valence-corrected chi connectivity index (χ1v) is 27.0. The van der Waals surface area contributed by atoms with Crippen LogP contribution in [0.15, 0.2) is 12.2 Å². The second kappa shape index (κ2) is 42.5. The Morgan fingerprint density at radius 2 is 0.915 bits per heavy atom. The fraction of sp³-hybridized carbons (Fsp3) is 0.940. The van der Waals surface area contributed by atoms with E-state index in [0.29, 0.717) is 17.4 Å². The number of nitrogens with zero attached hydrogens (tertiary/aromatic N) is 1. The van der Waals surface area contributed by atoms with Crippen molar-refractivity contribution in [2.75, 3.05) is 40.9 Å². The summed E-state index contributed by atoms with van der Waals surface area (Å²) in [7, 11) is 1.27. The van der Waals surface area contributed by atoms with Gasteiger partial charge >= 0.3 is 0 Å². The summed E-state index contributed by atoms with van der Waals surface area (Å²) in [6, 6.07) is -0.880. The molecule has 0 aromatic carbocycles. The van der Waals surface area contributed by atoms with Gasteiger partial charge in [0.05, 0.1) is 39.9 Å². The SMILES string of the molecule is CCCCCCCCCCCCCCC/C=C/C(O)C(COP(=O)([O-])OCC[N+](C)(C)C)NC(=O)CCCCCCCCCCCCCCCCCCCCCCCC. The van der Waals surface area contributed by atoms with Gasteiger partial charge in [-0.05, 0) is 19.3 Å². The molecule has 3 atom stereocenters. The summed E-state index contributed by atoms with van der Waals surface area (Å²) in [6.45, 7) is 4.68.